The molecule has 0 spiro atoms. The molecule has 0 saturated carbocycles. The van der Waals surface area contributed by atoms with Gasteiger partial charge in [-0.15, -0.1) is 0 Å². The van der Waals surface area contributed by atoms with E-state index in [1.807, 2.05) is 6.07 Å². The molecule has 0 radical (unpaired) electrons. The fourth-order valence-corrected chi connectivity index (χ4v) is 2.47. The molecule has 0 unspecified atom stereocenters. The van der Waals surface area contributed by atoms with E-state index in [4.69, 9.17) is 5.26 Å². The van der Waals surface area contributed by atoms with Gasteiger partial charge < -0.3 is 10.4 Å². The van der Waals surface area contributed by atoms with Gasteiger partial charge in [-0.05, 0) is 29.3 Å². The molecule has 0 heterocycles. The number of carboxylic acid groups (broad SMARTS) is 1. The molecule has 0 fully saturated rings. The van der Waals surface area contributed by atoms with Crippen molar-refractivity contribution in [3.63, 3.8) is 0 Å². The van der Waals surface area contributed by atoms with Gasteiger partial charge >= 0.3 is 12.1 Å². The van der Waals surface area contributed by atoms with E-state index in [1.54, 1.807) is 18.2 Å². The molecule has 2 rings (SSSR count). The van der Waals surface area contributed by atoms with Crippen LogP contribution < -0.4 is 5.32 Å². The summed E-state index contributed by atoms with van der Waals surface area (Å²) in [6.07, 6.45) is -4.82. The third-order valence-corrected chi connectivity index (χ3v) is 3.84. The van der Waals surface area contributed by atoms with E-state index >= 15 is 0 Å². The maximum absolute atomic E-state index is 12.5. The maximum atomic E-state index is 12.5. The van der Waals surface area contributed by atoms with Crippen LogP contribution in [0.5, 0.6) is 0 Å². The molecule has 27 heavy (non-hydrogen) atoms. The van der Waals surface area contributed by atoms with E-state index < -0.39 is 29.7 Å². The molecule has 0 aromatic heterocycles. The van der Waals surface area contributed by atoms with Gasteiger partial charge in [0.1, 0.15) is 6.04 Å². The summed E-state index contributed by atoms with van der Waals surface area (Å²) in [5.41, 5.74) is 0.271. The molecule has 5 nitrogen and oxygen atoms in total. The number of hydrogen-bond acceptors (Lipinski definition) is 3. The molecule has 2 N–H and O–H groups in total. The highest BCUT2D eigenvalue weighted by Crippen LogP contribution is 2.29. The average Bonchev–Trinajstić information content (AvgIpc) is 2.61. The molecule has 2 aromatic rings. The highest BCUT2D eigenvalue weighted by atomic mass is 19.4. The number of nitrogens with zero attached hydrogens (tertiary/aromatic N) is 1. The predicted molar refractivity (Wildman–Crippen MR) is 89.6 cm³/mol. The number of benzene rings is 2. The Kier molecular flexibility index (Phi) is 6.19. The van der Waals surface area contributed by atoms with Gasteiger partial charge in [-0.1, -0.05) is 30.3 Å². The normalized spacial score (nSPS) is 12.1. The van der Waals surface area contributed by atoms with Crippen LogP contribution in [0.1, 0.15) is 22.3 Å². The van der Waals surface area contributed by atoms with Crippen molar-refractivity contribution in [2.24, 2.45) is 0 Å². The summed E-state index contributed by atoms with van der Waals surface area (Å²) in [6, 6.07) is 11.2. The van der Waals surface area contributed by atoms with Gasteiger partial charge in [-0.25, -0.2) is 4.79 Å². The number of carboxylic acids is 1. The molecular weight excluding hydrogens is 361 g/mol. The maximum Gasteiger partial charge on any atom is 0.416 e. The number of aliphatic carboxylic acids is 1. The lowest BCUT2D eigenvalue weighted by Crippen LogP contribution is -2.43. The first-order chi connectivity index (χ1) is 12.7. The number of rotatable bonds is 6. The number of carbonyl (C=O) groups excluding carboxylic acids is 1. The quantitative estimate of drug-likeness (QED) is 0.811. The van der Waals surface area contributed by atoms with Crippen LogP contribution in [0.4, 0.5) is 13.2 Å². The Morgan fingerprint density at radius 3 is 2.30 bits per heavy atom. The lowest BCUT2D eigenvalue weighted by Gasteiger charge is -2.15. The lowest BCUT2D eigenvalue weighted by molar-refractivity contribution is -0.141. The summed E-state index contributed by atoms with van der Waals surface area (Å²) in [5, 5.41) is 20.7. The molecule has 0 aliphatic heterocycles. The fourth-order valence-electron chi connectivity index (χ4n) is 2.47. The summed E-state index contributed by atoms with van der Waals surface area (Å²) in [5.74, 6) is -1.92. The minimum absolute atomic E-state index is 0.0855. The Hall–Kier alpha value is -3.34. The van der Waals surface area contributed by atoms with Crippen LogP contribution in [0.3, 0.4) is 0 Å². The molecule has 0 aliphatic carbocycles. The number of nitrogens with one attached hydrogen (secondary N) is 1. The summed E-state index contributed by atoms with van der Waals surface area (Å²) in [4.78, 5) is 23.5. The van der Waals surface area contributed by atoms with E-state index in [9.17, 15) is 27.9 Å². The molecule has 140 valence electrons. The van der Waals surface area contributed by atoms with Crippen molar-refractivity contribution in [3.8, 4) is 6.07 Å². The standard InChI is InChI=1S/C19H15F3N2O3/c20-19(21,22)15-7-5-12(6-8-15)9-17(25)24-16(18(26)27)10-13-3-1-2-4-14(13)11-23/h1-8,16H,9-10H2,(H,24,25)(H,26,27)/t16-/m1/s1. The molecular formula is C19H15F3N2O3. The summed E-state index contributed by atoms with van der Waals surface area (Å²) in [6.45, 7) is 0. The second-order valence-corrected chi connectivity index (χ2v) is 5.80. The zero-order valence-corrected chi connectivity index (χ0v) is 14.0. The summed E-state index contributed by atoms with van der Waals surface area (Å²) < 4.78 is 37.6. The van der Waals surface area contributed by atoms with Gasteiger partial charge in [0.2, 0.25) is 5.91 Å². The second-order valence-electron chi connectivity index (χ2n) is 5.80. The first-order valence-corrected chi connectivity index (χ1v) is 7.87. The van der Waals surface area contributed by atoms with E-state index in [-0.39, 0.29) is 12.8 Å². The largest absolute Gasteiger partial charge is 0.480 e. The van der Waals surface area contributed by atoms with Gasteiger partial charge in [0, 0.05) is 6.42 Å². The number of nitriles is 1. The van der Waals surface area contributed by atoms with Crippen LogP contribution in [0.15, 0.2) is 48.5 Å². The first kappa shape index (κ1) is 20.0. The van der Waals surface area contributed by atoms with Crippen molar-refractivity contribution >= 4 is 11.9 Å². The Morgan fingerprint density at radius 2 is 1.74 bits per heavy atom. The minimum Gasteiger partial charge on any atom is -0.480 e. The van der Waals surface area contributed by atoms with Crippen molar-refractivity contribution in [3.05, 3.63) is 70.8 Å². The molecule has 1 atom stereocenters. The van der Waals surface area contributed by atoms with Crippen molar-refractivity contribution in [1.29, 1.82) is 5.26 Å². The van der Waals surface area contributed by atoms with Crippen LogP contribution in [0.25, 0.3) is 0 Å². The lowest BCUT2D eigenvalue weighted by atomic mass is 10.0. The molecule has 8 heteroatoms. The SMILES string of the molecule is N#Cc1ccccc1C[C@@H](NC(=O)Cc1ccc(C(F)(F)F)cc1)C(=O)O. The number of hydrogen-bond donors (Lipinski definition) is 2. The van der Waals surface area contributed by atoms with E-state index in [1.165, 1.54) is 18.2 Å². The smallest absolute Gasteiger partial charge is 0.416 e. The van der Waals surface area contributed by atoms with Crippen LogP contribution >= 0.6 is 0 Å². The fraction of sp³-hybridized carbons (Fsp3) is 0.211. The van der Waals surface area contributed by atoms with Crippen molar-refractivity contribution in [2.75, 3.05) is 0 Å². The van der Waals surface area contributed by atoms with Crippen LogP contribution in [0.2, 0.25) is 0 Å². The zero-order chi connectivity index (χ0) is 20.0. The molecule has 0 bridgehead atoms. The van der Waals surface area contributed by atoms with E-state index in [2.05, 4.69) is 5.32 Å². The molecule has 1 amide bonds. The number of halogens is 3. The summed E-state index contributed by atoms with van der Waals surface area (Å²) in [7, 11) is 0. The first-order valence-electron chi connectivity index (χ1n) is 7.87. The molecule has 0 aliphatic rings. The third kappa shape index (κ3) is 5.57. The second kappa shape index (κ2) is 8.36. The van der Waals surface area contributed by atoms with Crippen molar-refractivity contribution in [2.45, 2.75) is 25.1 Å². The minimum atomic E-state index is -4.47. The van der Waals surface area contributed by atoms with Crippen LogP contribution in [0, 0.1) is 11.3 Å². The van der Waals surface area contributed by atoms with Crippen molar-refractivity contribution < 1.29 is 27.9 Å². The van der Waals surface area contributed by atoms with Crippen LogP contribution in [-0.2, 0) is 28.6 Å². The molecule has 0 saturated heterocycles. The van der Waals surface area contributed by atoms with Gasteiger partial charge in [0.25, 0.3) is 0 Å². The number of carbonyl (C=O) groups is 2. The van der Waals surface area contributed by atoms with Crippen LogP contribution in [-0.4, -0.2) is 23.0 Å². The van der Waals surface area contributed by atoms with Gasteiger partial charge in [0.15, 0.2) is 0 Å². The Morgan fingerprint density at radius 1 is 1.11 bits per heavy atom. The average molecular weight is 376 g/mol. The van der Waals surface area contributed by atoms with E-state index in [0.717, 1.165) is 12.1 Å². The van der Waals surface area contributed by atoms with Crippen molar-refractivity contribution in [1.82, 2.24) is 5.32 Å². The zero-order valence-electron chi connectivity index (χ0n) is 14.0. The Balaban J connectivity index is 2.05. The Bertz CT molecular complexity index is 871. The highest BCUT2D eigenvalue weighted by Gasteiger charge is 2.30. The topological polar surface area (TPSA) is 90.2 Å². The highest BCUT2D eigenvalue weighted by molar-refractivity contribution is 5.85. The van der Waals surface area contributed by atoms with Gasteiger partial charge in [0.05, 0.1) is 23.6 Å². The number of amides is 1. The third-order valence-electron chi connectivity index (χ3n) is 3.84. The van der Waals surface area contributed by atoms with Gasteiger partial charge in [-0.3, -0.25) is 4.79 Å². The van der Waals surface area contributed by atoms with E-state index in [0.29, 0.717) is 16.7 Å². The molecule has 2 aromatic carbocycles. The Labute approximate surface area is 153 Å². The number of alkyl halides is 3. The predicted octanol–water partition coefficient (Wildman–Crippen LogP) is 2.93. The monoisotopic (exact) mass is 376 g/mol. The summed E-state index contributed by atoms with van der Waals surface area (Å²) >= 11 is 0. The van der Waals surface area contributed by atoms with Gasteiger partial charge in [-0.2, -0.15) is 18.4 Å².